The smallest absolute Gasteiger partial charge is 0.343 e. The van der Waals surface area contributed by atoms with E-state index in [1.54, 1.807) is 36.7 Å². The van der Waals surface area contributed by atoms with Crippen LogP contribution in [0.15, 0.2) is 122 Å². The summed E-state index contributed by atoms with van der Waals surface area (Å²) in [5.41, 5.74) is 16.6. The first kappa shape index (κ1) is 93.4. The van der Waals surface area contributed by atoms with Crippen molar-refractivity contribution in [2.75, 3.05) is 54.3 Å². The van der Waals surface area contributed by atoms with Gasteiger partial charge >= 0.3 is 11.9 Å². The summed E-state index contributed by atoms with van der Waals surface area (Å²) in [6, 6.07) is 37.6. The van der Waals surface area contributed by atoms with E-state index < -0.39 is 11.9 Å². The molecule has 20 rings (SSSR count). The molecule has 2 aromatic heterocycles. The van der Waals surface area contributed by atoms with Crippen LogP contribution in [-0.2, 0) is 0 Å². The number of unbranched alkanes of at least 4 members (excludes halogenated alkanes) is 16. The minimum atomic E-state index is -0.728. The third-order valence-corrected chi connectivity index (χ3v) is 30.2. The highest BCUT2D eigenvalue weighted by Crippen LogP contribution is 2.63. The van der Waals surface area contributed by atoms with Crippen molar-refractivity contribution in [3.05, 3.63) is 222 Å². The molecule has 2 aliphatic carbocycles. The Hall–Kier alpha value is -12.2. The van der Waals surface area contributed by atoms with Crippen molar-refractivity contribution in [1.29, 1.82) is 0 Å². The van der Waals surface area contributed by atoms with Gasteiger partial charge < -0.3 is 85.3 Å². The van der Waals surface area contributed by atoms with Crippen LogP contribution in [0.3, 0.4) is 0 Å². The second-order valence-corrected chi connectivity index (χ2v) is 38.9. The van der Waals surface area contributed by atoms with Crippen LogP contribution in [0.4, 0.5) is 0 Å². The molecule has 0 saturated heterocycles. The van der Waals surface area contributed by atoms with Crippen LogP contribution in [0.2, 0.25) is 0 Å². The topological polar surface area (TPSA) is 226 Å². The fraction of sp³-hybridized carbons (Fsp3) is 0.483. The van der Waals surface area contributed by atoms with Gasteiger partial charge in [0, 0.05) is 185 Å². The van der Waals surface area contributed by atoms with Gasteiger partial charge in [0.1, 0.15) is 69.0 Å². The molecule has 10 heterocycles. The van der Waals surface area contributed by atoms with E-state index in [2.05, 4.69) is 140 Å². The van der Waals surface area contributed by atoms with E-state index in [-0.39, 0.29) is 136 Å². The average Bonchev–Trinajstić information content (AvgIpc) is 0.734. The lowest BCUT2D eigenvalue weighted by Crippen LogP contribution is -2.23. The molecule has 0 spiro atoms. The number of esters is 2. The third-order valence-electron chi connectivity index (χ3n) is 30.2. The van der Waals surface area contributed by atoms with E-state index >= 15 is 9.59 Å². The largest absolute Gasteiger partial charge is 0.457 e. The second-order valence-electron chi connectivity index (χ2n) is 38.9. The standard InChI is InChI=1S/C116H132N2O20/c1-9-17-25-33-71-79-47-80-72(34-26-18-10-2)84-50-88-76(38-30-22-14-6)92-53-91-75(37-29-21-13-5)87-49-83(71)101-57-105(87)129-65-133-109(91)113(110(92)134-66-130-106(88)58-102(84)126-62-122-98(80)55-97(79)121-61-125-101)137-115(119)69-41-43-117-95(45-69)96-46-70(42-44-118-96)116(120)138-114-111-93-54-94-78(40-32-24-16-8)90-52-86-74(36-28-20-12-4)82-48-81-73(35-27-19-11-3)85-51-89(77(93)39-31-23-15-7)107(131-67-135-111)59-103(85)127-63-123-99(81)56-100(82)124-64-128-104(86)60-108(90)132-68-136-112(94)114/h41-60,71-78H,9-40,61-68H2,1-8H3. The number of hydrogen-bond donors (Lipinski definition) is 0. The average molecular weight is 1870 g/mol. The molecule has 16 bridgehead atoms. The Labute approximate surface area is 811 Å². The Bertz CT molecular complexity index is 5460. The first-order valence-electron chi connectivity index (χ1n) is 51.8. The van der Waals surface area contributed by atoms with E-state index in [1.807, 2.05) is 0 Å². The van der Waals surface area contributed by atoms with E-state index in [0.29, 0.717) is 94.7 Å². The van der Waals surface area contributed by atoms with Gasteiger partial charge in [-0.1, -0.05) is 209 Å². The first-order valence-corrected chi connectivity index (χ1v) is 51.8. The van der Waals surface area contributed by atoms with Gasteiger partial charge in [-0.05, 0) is 124 Å². The van der Waals surface area contributed by atoms with Gasteiger partial charge in [-0.15, -0.1) is 0 Å². The van der Waals surface area contributed by atoms with Gasteiger partial charge in [0.15, 0.2) is 23.0 Å². The third kappa shape index (κ3) is 18.7. The molecule has 22 heteroatoms. The number of carbonyl (C=O) groups excluding carboxylic acids is 2. The highest BCUT2D eigenvalue weighted by molar-refractivity contribution is 5.95. The van der Waals surface area contributed by atoms with E-state index in [9.17, 15) is 0 Å². The van der Waals surface area contributed by atoms with Crippen LogP contribution < -0.4 is 85.3 Å². The molecule has 0 amide bonds. The molecule has 726 valence electrons. The zero-order valence-corrected chi connectivity index (χ0v) is 81.5. The predicted octanol–water partition coefficient (Wildman–Crippen LogP) is 28.7. The molecular weight excluding hydrogens is 1740 g/mol. The summed E-state index contributed by atoms with van der Waals surface area (Å²) in [5.74, 6) is 6.04. The maximum Gasteiger partial charge on any atom is 0.343 e. The summed E-state index contributed by atoms with van der Waals surface area (Å²) in [7, 11) is 0. The maximum absolute atomic E-state index is 16.2. The van der Waals surface area contributed by atoms with E-state index in [1.165, 1.54) is 0 Å². The van der Waals surface area contributed by atoms with Crippen molar-refractivity contribution in [3.8, 4) is 115 Å². The van der Waals surface area contributed by atoms with Crippen LogP contribution in [0.1, 0.15) is 418 Å². The Morgan fingerprint density at radius 3 is 0.572 bits per heavy atom. The SMILES string of the molecule is CCCCCC1c2cc3c4cc2OCOc2cc5c(cc21)C(CCCCC)c1cc2c(c(OC(=O)c6ccnc(-c7cc(C(=O)Oc8c9c%10cc%11c8OCOc8cc%12c(cc8C%11CCCCC)C(CCCCC)c8cc%11c(cc8OCO%12)OCOc8cc(c(cc8C%11CCCCC)C%10CCCCC)OCO9)ccn7)c6)c1OCO5)OCOc1cc(c(cc1C2CCCCC)C3CCCCC)OCO4. The second kappa shape index (κ2) is 42.6. The zero-order chi connectivity index (χ0) is 94.3. The molecule has 8 atom stereocenters. The number of hydrogen-bond acceptors (Lipinski definition) is 22. The highest BCUT2D eigenvalue weighted by atomic mass is 16.7. The van der Waals surface area contributed by atoms with Gasteiger partial charge in [0.2, 0.25) is 65.8 Å². The highest BCUT2D eigenvalue weighted by Gasteiger charge is 2.45. The molecule has 8 unspecified atom stereocenters. The van der Waals surface area contributed by atoms with Crippen LogP contribution in [0, 0.1) is 0 Å². The van der Waals surface area contributed by atoms with Gasteiger partial charge in [0.25, 0.3) is 0 Å². The summed E-state index contributed by atoms with van der Waals surface area (Å²) in [6.45, 7) is 16.7. The molecule has 8 aromatic carbocycles. The minimum absolute atomic E-state index is 0.0463. The molecule has 10 aliphatic rings. The molecule has 22 nitrogen and oxygen atoms in total. The summed E-state index contributed by atoms with van der Waals surface area (Å²) >= 11 is 0. The van der Waals surface area contributed by atoms with Crippen molar-refractivity contribution in [2.45, 2.75) is 308 Å². The number of rotatable bonds is 37. The predicted molar refractivity (Wildman–Crippen MR) is 526 cm³/mol. The molecule has 138 heavy (non-hydrogen) atoms. The monoisotopic (exact) mass is 1870 g/mol. The first-order chi connectivity index (χ1) is 67.9. The number of benzene rings is 8. The number of ether oxygens (including phenoxy) is 18. The summed E-state index contributed by atoms with van der Waals surface area (Å²) in [6.07, 6.45) is 32.6. The Kier molecular flexibility index (Phi) is 28.9. The van der Waals surface area contributed by atoms with Crippen molar-refractivity contribution in [3.63, 3.8) is 0 Å². The molecule has 0 fully saturated rings. The lowest BCUT2D eigenvalue weighted by molar-refractivity contribution is 0.0665. The Balaban J connectivity index is 0.721. The molecule has 10 aromatic rings. The Morgan fingerprint density at radius 1 is 0.225 bits per heavy atom. The van der Waals surface area contributed by atoms with Crippen molar-refractivity contribution in [1.82, 2.24) is 9.97 Å². The lowest BCUT2D eigenvalue weighted by atomic mass is 9.76. The van der Waals surface area contributed by atoms with Gasteiger partial charge in [-0.3, -0.25) is 9.97 Å². The summed E-state index contributed by atoms with van der Waals surface area (Å²) in [5, 5.41) is 0. The lowest BCUT2D eigenvalue weighted by Gasteiger charge is -2.35. The molecule has 0 radical (unpaired) electrons. The number of pyridine rings is 2. The number of carbonyl (C=O) groups is 2. The van der Waals surface area contributed by atoms with Crippen LogP contribution in [0.25, 0.3) is 11.4 Å². The van der Waals surface area contributed by atoms with Crippen LogP contribution in [0.5, 0.6) is 103 Å². The fourth-order valence-corrected chi connectivity index (χ4v) is 23.0. The minimum Gasteiger partial charge on any atom is -0.457 e. The van der Waals surface area contributed by atoms with Crippen molar-refractivity contribution in [2.24, 2.45) is 0 Å². The van der Waals surface area contributed by atoms with Gasteiger partial charge in [0.05, 0.1) is 22.5 Å². The number of nitrogens with zero attached hydrogens (tertiary/aromatic N) is 2. The van der Waals surface area contributed by atoms with E-state index in [4.69, 9.17) is 95.2 Å². The van der Waals surface area contributed by atoms with Gasteiger partial charge in [-0.25, -0.2) is 9.59 Å². The quantitative estimate of drug-likeness (QED) is 0.0200. The molecular formula is C116H132N2O20. The number of aromatic nitrogens is 2. The van der Waals surface area contributed by atoms with Crippen LogP contribution in [-0.4, -0.2) is 76.3 Å². The van der Waals surface area contributed by atoms with Gasteiger partial charge in [-0.2, -0.15) is 0 Å². The zero-order valence-electron chi connectivity index (χ0n) is 81.5. The Morgan fingerprint density at radius 2 is 0.391 bits per heavy atom. The van der Waals surface area contributed by atoms with Crippen molar-refractivity contribution >= 4 is 11.9 Å². The summed E-state index contributed by atoms with van der Waals surface area (Å²) < 4.78 is 125. The van der Waals surface area contributed by atoms with E-state index in [0.717, 1.165) is 292 Å². The maximum atomic E-state index is 16.2. The summed E-state index contributed by atoms with van der Waals surface area (Å²) in [4.78, 5) is 42.2. The van der Waals surface area contributed by atoms with Crippen LogP contribution >= 0.6 is 0 Å². The molecule has 0 N–H and O–H groups in total. The molecule has 0 saturated carbocycles. The van der Waals surface area contributed by atoms with Crippen molar-refractivity contribution < 1.29 is 94.9 Å². The fourth-order valence-electron chi connectivity index (χ4n) is 23.0. The normalized spacial score (nSPS) is 19.1. The molecule has 8 aliphatic heterocycles.